The van der Waals surface area contributed by atoms with Crippen LogP contribution < -0.4 is 20.1 Å². The number of rotatable bonds is 6. The second-order valence-electron chi connectivity index (χ2n) is 8.54. The van der Waals surface area contributed by atoms with Gasteiger partial charge in [0.25, 0.3) is 11.8 Å². The highest BCUT2D eigenvalue weighted by atomic mass is 32.1. The molecule has 3 heterocycles. The number of nitrogens with one attached hydrogen (secondary N) is 2. The Morgan fingerprint density at radius 2 is 1.72 bits per heavy atom. The number of aromatic nitrogens is 2. The van der Waals surface area contributed by atoms with Gasteiger partial charge in [0.15, 0.2) is 11.5 Å². The van der Waals surface area contributed by atoms with Gasteiger partial charge in [0.2, 0.25) is 22.7 Å². The molecule has 0 aliphatic carbocycles. The molecule has 2 aliphatic heterocycles. The Morgan fingerprint density at radius 1 is 0.972 bits per heavy atom. The van der Waals surface area contributed by atoms with Crippen molar-refractivity contribution in [1.82, 2.24) is 15.1 Å². The second-order valence-corrected chi connectivity index (χ2v) is 9.52. The molecule has 5 rings (SSSR count). The molecule has 36 heavy (non-hydrogen) atoms. The lowest BCUT2D eigenvalue weighted by molar-refractivity contribution is -0.121. The van der Waals surface area contributed by atoms with Gasteiger partial charge in [0.1, 0.15) is 0 Å². The number of carbonyl (C=O) groups excluding carboxylic acids is 3. The Balaban J connectivity index is 1.14. The Hall–Kier alpha value is -3.99. The Kier molecular flexibility index (Phi) is 6.81. The molecule has 0 spiro atoms. The number of benzene rings is 2. The number of nitrogens with zero attached hydrogens (tertiary/aromatic N) is 3. The van der Waals surface area contributed by atoms with Crippen molar-refractivity contribution in [1.29, 1.82) is 0 Å². The van der Waals surface area contributed by atoms with Crippen LogP contribution in [0.25, 0.3) is 0 Å². The van der Waals surface area contributed by atoms with E-state index < -0.39 is 5.91 Å². The van der Waals surface area contributed by atoms with Crippen molar-refractivity contribution in [2.24, 2.45) is 5.92 Å². The number of amides is 3. The molecule has 1 fully saturated rings. The summed E-state index contributed by atoms with van der Waals surface area (Å²) < 4.78 is 10.6. The molecule has 0 atom stereocenters. The van der Waals surface area contributed by atoms with E-state index in [9.17, 15) is 14.4 Å². The van der Waals surface area contributed by atoms with Gasteiger partial charge in [-0.2, -0.15) is 0 Å². The molecule has 1 aromatic heterocycles. The number of hydrogen-bond donors (Lipinski definition) is 2. The van der Waals surface area contributed by atoms with Crippen LogP contribution in [-0.2, 0) is 11.2 Å². The highest BCUT2D eigenvalue weighted by molar-refractivity contribution is 7.15. The summed E-state index contributed by atoms with van der Waals surface area (Å²) in [5.74, 6) is 0.207. The molecule has 10 nitrogen and oxygen atoms in total. The van der Waals surface area contributed by atoms with Crippen molar-refractivity contribution in [3.05, 3.63) is 58.0 Å². The van der Waals surface area contributed by atoms with Gasteiger partial charge in [0.05, 0.1) is 0 Å². The fourth-order valence-electron chi connectivity index (χ4n) is 4.15. The van der Waals surface area contributed by atoms with Crippen LogP contribution in [0.3, 0.4) is 0 Å². The number of piperidine rings is 1. The van der Waals surface area contributed by atoms with Crippen LogP contribution in [-0.4, -0.2) is 52.7 Å². The summed E-state index contributed by atoms with van der Waals surface area (Å²) in [7, 11) is 0. The zero-order valence-corrected chi connectivity index (χ0v) is 20.5. The van der Waals surface area contributed by atoms with Crippen LogP contribution in [0.5, 0.6) is 11.5 Å². The lowest BCUT2D eigenvalue weighted by Crippen LogP contribution is -2.41. The fraction of sp³-hybridized carbons (Fsp3) is 0.320. The monoisotopic (exact) mass is 507 g/mol. The molecule has 3 amide bonds. The van der Waals surface area contributed by atoms with E-state index in [4.69, 9.17) is 9.47 Å². The smallest absolute Gasteiger partial charge is 0.286 e. The molecule has 0 radical (unpaired) electrons. The van der Waals surface area contributed by atoms with E-state index in [0.717, 1.165) is 29.0 Å². The van der Waals surface area contributed by atoms with Crippen LogP contribution in [0.15, 0.2) is 42.5 Å². The van der Waals surface area contributed by atoms with Crippen molar-refractivity contribution in [3.8, 4) is 11.5 Å². The third-order valence-electron chi connectivity index (χ3n) is 6.19. The van der Waals surface area contributed by atoms with Gasteiger partial charge in [-0.05, 0) is 49.1 Å². The first-order valence-corrected chi connectivity index (χ1v) is 12.6. The van der Waals surface area contributed by atoms with Gasteiger partial charge in [-0.25, -0.2) is 0 Å². The summed E-state index contributed by atoms with van der Waals surface area (Å²) in [5.41, 5.74) is 2.47. The van der Waals surface area contributed by atoms with Gasteiger partial charge in [-0.1, -0.05) is 30.4 Å². The Morgan fingerprint density at radius 3 is 2.53 bits per heavy atom. The summed E-state index contributed by atoms with van der Waals surface area (Å²) in [4.78, 5) is 39.9. The van der Waals surface area contributed by atoms with E-state index in [-0.39, 0.29) is 34.5 Å². The quantitative estimate of drug-likeness (QED) is 0.523. The second kappa shape index (κ2) is 10.3. The number of hydrogen-bond acceptors (Lipinski definition) is 8. The SMILES string of the molecule is CCc1cccc(NC(=O)C2CCN(C(=O)c3nnc(C(=O)Nc4ccc5c(c4)OCO5)s3)CC2)c1. The minimum absolute atomic E-state index is 0.0336. The summed E-state index contributed by atoms with van der Waals surface area (Å²) in [5, 5.41) is 13.8. The summed E-state index contributed by atoms with van der Waals surface area (Å²) in [6.07, 6.45) is 2.01. The van der Waals surface area contributed by atoms with Crippen LogP contribution in [0.4, 0.5) is 11.4 Å². The fourth-order valence-corrected chi connectivity index (χ4v) is 4.86. The highest BCUT2D eigenvalue weighted by Crippen LogP contribution is 2.34. The summed E-state index contributed by atoms with van der Waals surface area (Å²) in [6.45, 7) is 3.08. The maximum atomic E-state index is 12.9. The van der Waals surface area contributed by atoms with Crippen molar-refractivity contribution in [2.75, 3.05) is 30.5 Å². The minimum atomic E-state index is -0.465. The van der Waals surface area contributed by atoms with Gasteiger partial charge in [-0.3, -0.25) is 14.4 Å². The van der Waals surface area contributed by atoms with Crippen molar-refractivity contribution in [3.63, 3.8) is 0 Å². The first-order valence-electron chi connectivity index (χ1n) is 11.7. The van der Waals surface area contributed by atoms with Crippen LogP contribution in [0.1, 0.15) is 44.9 Å². The molecule has 0 bridgehead atoms. The molecule has 186 valence electrons. The predicted octanol–water partition coefficient (Wildman–Crippen LogP) is 3.57. The molecule has 3 aromatic rings. The molecular weight excluding hydrogens is 482 g/mol. The predicted molar refractivity (Wildman–Crippen MR) is 134 cm³/mol. The molecule has 11 heteroatoms. The average molecular weight is 508 g/mol. The van der Waals surface area contributed by atoms with Crippen LogP contribution >= 0.6 is 11.3 Å². The van der Waals surface area contributed by atoms with Gasteiger partial charge < -0.3 is 25.0 Å². The van der Waals surface area contributed by atoms with Crippen molar-refractivity contribution in [2.45, 2.75) is 26.2 Å². The number of likely N-dealkylation sites (tertiary alicyclic amines) is 1. The highest BCUT2D eigenvalue weighted by Gasteiger charge is 2.30. The number of anilines is 2. The average Bonchev–Trinajstić information content (AvgIpc) is 3.58. The van der Waals surface area contributed by atoms with E-state index >= 15 is 0 Å². The van der Waals surface area contributed by atoms with Crippen LogP contribution in [0, 0.1) is 5.92 Å². The minimum Gasteiger partial charge on any atom is -0.454 e. The van der Waals surface area contributed by atoms with E-state index in [2.05, 4.69) is 27.8 Å². The number of carbonyl (C=O) groups is 3. The Bertz CT molecular complexity index is 1300. The molecule has 2 aliphatic rings. The first-order chi connectivity index (χ1) is 17.5. The van der Waals surface area contributed by atoms with Gasteiger partial charge in [-0.15, -0.1) is 10.2 Å². The third kappa shape index (κ3) is 5.15. The van der Waals surface area contributed by atoms with Crippen molar-refractivity contribution >= 4 is 40.4 Å². The zero-order chi connectivity index (χ0) is 25.1. The van der Waals surface area contributed by atoms with Crippen molar-refractivity contribution < 1.29 is 23.9 Å². The maximum absolute atomic E-state index is 12.9. The number of ether oxygens (including phenoxy) is 2. The Labute approximate surface area is 211 Å². The zero-order valence-electron chi connectivity index (χ0n) is 19.7. The molecule has 1 saturated heterocycles. The number of aryl methyl sites for hydroxylation is 1. The normalized spacial score (nSPS) is 15.0. The van der Waals surface area contributed by atoms with Crippen LogP contribution in [0.2, 0.25) is 0 Å². The molecule has 0 unspecified atom stereocenters. The first kappa shape index (κ1) is 23.7. The summed E-state index contributed by atoms with van der Waals surface area (Å²) >= 11 is 0.939. The topological polar surface area (TPSA) is 123 Å². The lowest BCUT2D eigenvalue weighted by atomic mass is 9.95. The van der Waals surface area contributed by atoms with Gasteiger partial charge in [0, 0.05) is 36.4 Å². The maximum Gasteiger partial charge on any atom is 0.286 e. The molecule has 2 N–H and O–H groups in total. The molecular formula is C25H25N5O5S. The third-order valence-corrected chi connectivity index (χ3v) is 7.10. The van der Waals surface area contributed by atoms with E-state index in [1.54, 1.807) is 23.1 Å². The van der Waals surface area contributed by atoms with Gasteiger partial charge >= 0.3 is 0 Å². The van der Waals surface area contributed by atoms with E-state index in [1.807, 2.05) is 24.3 Å². The lowest BCUT2D eigenvalue weighted by Gasteiger charge is -2.30. The van der Waals surface area contributed by atoms with E-state index in [1.165, 1.54) is 0 Å². The number of fused-ring (bicyclic) bond motifs is 1. The van der Waals surface area contributed by atoms with E-state index in [0.29, 0.717) is 43.1 Å². The standard InChI is InChI=1S/C25H25N5O5S/c1-2-15-4-3-5-17(12-15)26-21(31)16-8-10-30(11-9-16)25(33)24-29-28-23(36-24)22(32)27-18-6-7-19-20(13-18)35-14-34-19/h3-7,12-13,16H,2,8-11,14H2,1H3,(H,26,31)(H,27,32). The molecule has 2 aromatic carbocycles. The molecule has 0 saturated carbocycles. The summed E-state index contributed by atoms with van der Waals surface area (Å²) in [6, 6.07) is 12.9. The largest absolute Gasteiger partial charge is 0.454 e.